The molecule has 0 spiro atoms. The summed E-state index contributed by atoms with van der Waals surface area (Å²) in [6.07, 6.45) is 4.04. The third-order valence-corrected chi connectivity index (χ3v) is 9.43. The molecule has 3 N–H and O–H groups in total. The van der Waals surface area contributed by atoms with Crippen molar-refractivity contribution in [1.82, 2.24) is 10.2 Å². The number of carbonyl (C=O) groups is 1. The largest absolute Gasteiger partial charge is 0.446 e. The summed E-state index contributed by atoms with van der Waals surface area (Å²) in [6.45, 7) is 5.51. The van der Waals surface area contributed by atoms with Crippen LogP contribution in [0.15, 0.2) is 48.5 Å². The number of piperidine rings is 1. The Morgan fingerprint density at radius 1 is 1.15 bits per heavy atom. The Labute approximate surface area is 231 Å². The highest BCUT2D eigenvalue weighted by atomic mass is 19.1. The van der Waals surface area contributed by atoms with Gasteiger partial charge in [0.25, 0.3) is 0 Å². The second-order valence-corrected chi connectivity index (χ2v) is 11.5. The standard InChI is InChI=1S/C31H40FN5O2/c1-35-30(38)39-29-7-3-6-28(29)31(21-34,25-4-2-5-26(32)16-25)24-12-14-36(15-13-24)18-23-19-37(20-23)27-10-8-22(17-33)9-11-27/h2,4-5,8-11,16,23-24,28-29H,3,6-7,12-15,18-21,34H2,1H3,(H,35,38)/t28-,29-,31+/m0/s1. The Balaban J connectivity index is 1.26. The molecule has 39 heavy (non-hydrogen) atoms. The van der Waals surface area contributed by atoms with E-state index in [4.69, 9.17) is 15.7 Å². The van der Waals surface area contributed by atoms with Crippen LogP contribution in [0.3, 0.4) is 0 Å². The van der Waals surface area contributed by atoms with E-state index < -0.39 is 11.5 Å². The monoisotopic (exact) mass is 533 g/mol. The lowest BCUT2D eigenvalue weighted by atomic mass is 9.58. The van der Waals surface area contributed by atoms with Crippen LogP contribution in [0.25, 0.3) is 0 Å². The third kappa shape index (κ3) is 5.61. The Morgan fingerprint density at radius 2 is 1.90 bits per heavy atom. The second-order valence-electron chi connectivity index (χ2n) is 11.5. The molecule has 0 aromatic heterocycles. The number of amides is 1. The fourth-order valence-electron chi connectivity index (χ4n) is 7.46. The quantitative estimate of drug-likeness (QED) is 0.527. The maximum atomic E-state index is 14.5. The SMILES string of the molecule is CNC(=O)O[C@H]1CCC[C@@H]1[C@@](CN)(c1cccc(F)c1)C1CCN(CC2CN(c3ccc(C#N)cc3)C2)CC1. The second kappa shape index (κ2) is 11.9. The van der Waals surface area contributed by atoms with Crippen LogP contribution in [-0.2, 0) is 10.2 Å². The zero-order valence-electron chi connectivity index (χ0n) is 22.8. The molecule has 2 aromatic rings. The molecule has 1 amide bonds. The number of anilines is 1. The van der Waals surface area contributed by atoms with E-state index in [-0.39, 0.29) is 23.8 Å². The molecular weight excluding hydrogens is 493 g/mol. The zero-order chi connectivity index (χ0) is 27.4. The van der Waals surface area contributed by atoms with Crippen LogP contribution < -0.4 is 16.0 Å². The number of nitriles is 1. The van der Waals surface area contributed by atoms with Crippen molar-refractivity contribution in [3.05, 3.63) is 65.5 Å². The van der Waals surface area contributed by atoms with Crippen molar-refractivity contribution in [2.75, 3.05) is 51.2 Å². The van der Waals surface area contributed by atoms with Crippen molar-refractivity contribution in [2.45, 2.75) is 43.6 Å². The highest BCUT2D eigenvalue weighted by Gasteiger charge is 2.52. The maximum absolute atomic E-state index is 14.5. The summed E-state index contributed by atoms with van der Waals surface area (Å²) >= 11 is 0. The lowest BCUT2D eigenvalue weighted by Crippen LogP contribution is -2.56. The summed E-state index contributed by atoms with van der Waals surface area (Å²) in [6, 6.07) is 16.9. The van der Waals surface area contributed by atoms with Gasteiger partial charge in [-0.15, -0.1) is 0 Å². The summed E-state index contributed by atoms with van der Waals surface area (Å²) in [5, 5.41) is 11.6. The molecule has 2 aliphatic heterocycles. The number of nitrogens with one attached hydrogen (secondary N) is 1. The molecule has 7 nitrogen and oxygen atoms in total. The number of rotatable bonds is 8. The predicted octanol–water partition coefficient (Wildman–Crippen LogP) is 4.27. The number of hydrogen-bond acceptors (Lipinski definition) is 6. The van der Waals surface area contributed by atoms with Gasteiger partial charge in [0.1, 0.15) is 11.9 Å². The van der Waals surface area contributed by atoms with Gasteiger partial charge in [0.2, 0.25) is 0 Å². The van der Waals surface area contributed by atoms with Crippen LogP contribution in [-0.4, -0.2) is 63.4 Å². The molecule has 1 saturated carbocycles. The molecule has 1 aliphatic carbocycles. The molecule has 2 aromatic carbocycles. The predicted molar refractivity (Wildman–Crippen MR) is 150 cm³/mol. The van der Waals surface area contributed by atoms with Gasteiger partial charge in [-0.2, -0.15) is 5.26 Å². The lowest BCUT2D eigenvalue weighted by Gasteiger charge is -2.50. The number of likely N-dealkylation sites (tertiary alicyclic amines) is 1. The van der Waals surface area contributed by atoms with Gasteiger partial charge < -0.3 is 25.6 Å². The minimum Gasteiger partial charge on any atom is -0.446 e. The van der Waals surface area contributed by atoms with E-state index in [9.17, 15) is 9.18 Å². The number of nitrogens with two attached hydrogens (primary N) is 1. The number of nitrogens with zero attached hydrogens (tertiary/aromatic N) is 3. The van der Waals surface area contributed by atoms with Crippen molar-refractivity contribution >= 4 is 11.8 Å². The van der Waals surface area contributed by atoms with Crippen molar-refractivity contribution in [3.63, 3.8) is 0 Å². The number of halogens is 1. The molecule has 2 saturated heterocycles. The molecule has 3 atom stereocenters. The number of carbonyl (C=O) groups excluding carboxylic acids is 1. The fraction of sp³-hybridized carbons (Fsp3) is 0.548. The summed E-state index contributed by atoms with van der Waals surface area (Å²) < 4.78 is 20.4. The third-order valence-electron chi connectivity index (χ3n) is 9.43. The van der Waals surface area contributed by atoms with Gasteiger partial charge in [-0.3, -0.25) is 0 Å². The molecule has 5 rings (SSSR count). The summed E-state index contributed by atoms with van der Waals surface area (Å²) in [7, 11) is 1.58. The Bertz CT molecular complexity index is 1170. The smallest absolute Gasteiger partial charge is 0.407 e. The maximum Gasteiger partial charge on any atom is 0.407 e. The Hall–Kier alpha value is -3.15. The van der Waals surface area contributed by atoms with E-state index in [1.54, 1.807) is 19.2 Å². The molecule has 0 unspecified atom stereocenters. The number of alkyl carbamates (subject to hydrolysis) is 1. The zero-order valence-corrected chi connectivity index (χ0v) is 22.8. The number of ether oxygens (including phenoxy) is 1. The van der Waals surface area contributed by atoms with E-state index >= 15 is 0 Å². The first-order chi connectivity index (χ1) is 19.0. The van der Waals surface area contributed by atoms with E-state index in [1.165, 1.54) is 11.8 Å². The van der Waals surface area contributed by atoms with Crippen LogP contribution in [0.5, 0.6) is 0 Å². The molecule has 0 bridgehead atoms. The van der Waals surface area contributed by atoms with E-state index in [0.717, 1.165) is 70.4 Å². The normalized spacial score (nSPS) is 24.0. The molecule has 0 radical (unpaired) electrons. The van der Waals surface area contributed by atoms with Crippen molar-refractivity contribution in [1.29, 1.82) is 5.26 Å². The molecule has 3 aliphatic rings. The topological polar surface area (TPSA) is 94.6 Å². The summed E-state index contributed by atoms with van der Waals surface area (Å²) in [4.78, 5) is 17.1. The average Bonchev–Trinajstić information content (AvgIpc) is 3.40. The van der Waals surface area contributed by atoms with Gasteiger partial charge in [-0.1, -0.05) is 12.1 Å². The van der Waals surface area contributed by atoms with E-state index in [1.807, 2.05) is 30.3 Å². The summed E-state index contributed by atoms with van der Waals surface area (Å²) in [5.74, 6) is 0.725. The Morgan fingerprint density at radius 3 is 2.54 bits per heavy atom. The van der Waals surface area contributed by atoms with Gasteiger partial charge in [0.05, 0.1) is 11.6 Å². The first-order valence-electron chi connectivity index (χ1n) is 14.3. The van der Waals surface area contributed by atoms with Crippen LogP contribution in [0.2, 0.25) is 0 Å². The van der Waals surface area contributed by atoms with E-state index in [2.05, 4.69) is 21.2 Å². The van der Waals surface area contributed by atoms with Gasteiger partial charge in [0, 0.05) is 56.2 Å². The Kier molecular flexibility index (Phi) is 8.39. The minimum absolute atomic E-state index is 0.0609. The summed E-state index contributed by atoms with van der Waals surface area (Å²) in [5.41, 5.74) is 9.02. The fourth-order valence-corrected chi connectivity index (χ4v) is 7.46. The number of benzene rings is 2. The van der Waals surface area contributed by atoms with Gasteiger partial charge in [-0.05, 0) is 93.1 Å². The number of hydrogen-bond donors (Lipinski definition) is 2. The average molecular weight is 534 g/mol. The highest BCUT2D eigenvalue weighted by molar-refractivity contribution is 5.67. The first-order valence-corrected chi connectivity index (χ1v) is 14.3. The van der Waals surface area contributed by atoms with Crippen molar-refractivity contribution in [2.24, 2.45) is 23.5 Å². The van der Waals surface area contributed by atoms with Gasteiger partial charge in [0.15, 0.2) is 0 Å². The van der Waals surface area contributed by atoms with Crippen LogP contribution >= 0.6 is 0 Å². The van der Waals surface area contributed by atoms with Crippen molar-refractivity contribution < 1.29 is 13.9 Å². The first kappa shape index (κ1) is 27.4. The van der Waals surface area contributed by atoms with E-state index in [0.29, 0.717) is 18.0 Å². The van der Waals surface area contributed by atoms with Gasteiger partial charge in [-0.25, -0.2) is 9.18 Å². The lowest BCUT2D eigenvalue weighted by molar-refractivity contribution is 0.0132. The molecule has 3 fully saturated rings. The van der Waals surface area contributed by atoms with Crippen LogP contribution in [0.1, 0.15) is 43.2 Å². The molecular formula is C31H40FN5O2. The van der Waals surface area contributed by atoms with Crippen LogP contribution in [0, 0.1) is 34.9 Å². The van der Waals surface area contributed by atoms with Crippen LogP contribution in [0.4, 0.5) is 14.9 Å². The minimum atomic E-state index is -0.438. The highest BCUT2D eigenvalue weighted by Crippen LogP contribution is 2.50. The van der Waals surface area contributed by atoms with Crippen molar-refractivity contribution in [3.8, 4) is 6.07 Å². The molecule has 2 heterocycles. The van der Waals surface area contributed by atoms with Gasteiger partial charge >= 0.3 is 6.09 Å². The molecule has 8 heteroatoms. The molecule has 208 valence electrons.